The number of hydrogen-bond donors (Lipinski definition) is 0. The average molecular weight is 290 g/mol. The van der Waals surface area contributed by atoms with Crippen molar-refractivity contribution in [3.63, 3.8) is 0 Å². The largest absolute Gasteiger partial charge is 0.468 e. The minimum atomic E-state index is 0.431. The summed E-state index contributed by atoms with van der Waals surface area (Å²) in [5, 5.41) is 0. The summed E-state index contributed by atoms with van der Waals surface area (Å²) >= 11 is 0. The molecule has 0 aromatic rings. The van der Waals surface area contributed by atoms with Crippen LogP contribution in [0.1, 0.15) is 59.8 Å². The zero-order valence-electron chi connectivity index (χ0n) is 14.1. The molecule has 2 nitrogen and oxygen atoms in total. The Morgan fingerprint density at radius 1 is 1.43 bits per heavy atom. The van der Waals surface area contributed by atoms with Crippen LogP contribution in [0.25, 0.3) is 0 Å². The first kappa shape index (κ1) is 17.7. The van der Waals surface area contributed by atoms with Gasteiger partial charge in [0.2, 0.25) is 0 Å². The van der Waals surface area contributed by atoms with Gasteiger partial charge in [-0.05, 0) is 75.4 Å². The van der Waals surface area contributed by atoms with Crippen molar-refractivity contribution in [3.05, 3.63) is 35.5 Å². The van der Waals surface area contributed by atoms with Crippen molar-refractivity contribution in [1.29, 1.82) is 0 Å². The van der Waals surface area contributed by atoms with Gasteiger partial charge in [0.25, 0.3) is 6.47 Å². The molecule has 0 bridgehead atoms. The van der Waals surface area contributed by atoms with Crippen molar-refractivity contribution in [2.75, 3.05) is 6.61 Å². The Morgan fingerprint density at radius 3 is 2.48 bits per heavy atom. The normalized spacial score (nSPS) is 22.8. The lowest BCUT2D eigenvalue weighted by atomic mass is 9.90. The summed E-state index contributed by atoms with van der Waals surface area (Å²) < 4.78 is 4.15. The number of allylic oxidation sites excluding steroid dienone is 5. The standard InChI is InChI=1S/C16H24.C3H6O2/c1-5-6-14-9-13(10-15(14)12(2)3)11-16(4)7-8-16;1-2-5-3-4/h5-6,13H,2,7-11H2,1,3-4H3;3H,2H2,1H3/b6-5-;. The molecule has 0 aliphatic heterocycles. The van der Waals surface area contributed by atoms with Gasteiger partial charge < -0.3 is 4.74 Å². The second-order valence-corrected chi connectivity index (χ2v) is 6.62. The van der Waals surface area contributed by atoms with E-state index in [-0.39, 0.29) is 0 Å². The van der Waals surface area contributed by atoms with Gasteiger partial charge in [0.15, 0.2) is 0 Å². The molecule has 0 N–H and O–H groups in total. The van der Waals surface area contributed by atoms with Gasteiger partial charge in [0.1, 0.15) is 0 Å². The fourth-order valence-corrected chi connectivity index (χ4v) is 3.07. The maximum atomic E-state index is 9.18. The maximum absolute atomic E-state index is 9.18. The molecule has 2 aliphatic rings. The Morgan fingerprint density at radius 2 is 2.10 bits per heavy atom. The van der Waals surface area contributed by atoms with Crippen molar-refractivity contribution < 1.29 is 9.53 Å². The smallest absolute Gasteiger partial charge is 0.293 e. The predicted octanol–water partition coefficient (Wildman–Crippen LogP) is 5.21. The van der Waals surface area contributed by atoms with E-state index in [0.717, 1.165) is 5.92 Å². The molecule has 0 saturated heterocycles. The number of ether oxygens (including phenoxy) is 1. The molecule has 0 amide bonds. The topological polar surface area (TPSA) is 26.3 Å². The van der Waals surface area contributed by atoms with E-state index in [1.807, 2.05) is 0 Å². The second kappa shape index (κ2) is 8.21. The summed E-state index contributed by atoms with van der Waals surface area (Å²) in [7, 11) is 0. The van der Waals surface area contributed by atoms with Crippen LogP contribution in [0.2, 0.25) is 0 Å². The lowest BCUT2D eigenvalue weighted by molar-refractivity contribution is -0.128. The van der Waals surface area contributed by atoms with Crippen LogP contribution < -0.4 is 0 Å². The number of carbonyl (C=O) groups excluding carboxylic acids is 1. The van der Waals surface area contributed by atoms with E-state index in [9.17, 15) is 4.79 Å². The van der Waals surface area contributed by atoms with Crippen molar-refractivity contribution >= 4 is 6.47 Å². The molecule has 1 unspecified atom stereocenters. The van der Waals surface area contributed by atoms with Crippen molar-refractivity contribution in [2.45, 2.75) is 59.8 Å². The monoisotopic (exact) mass is 290 g/mol. The van der Waals surface area contributed by atoms with E-state index < -0.39 is 0 Å². The molecule has 0 aromatic heterocycles. The summed E-state index contributed by atoms with van der Waals surface area (Å²) in [5.41, 5.74) is 5.05. The molecule has 118 valence electrons. The minimum Gasteiger partial charge on any atom is -0.468 e. The first-order chi connectivity index (χ1) is 9.95. The van der Waals surface area contributed by atoms with E-state index in [1.54, 1.807) is 12.5 Å². The van der Waals surface area contributed by atoms with Crippen LogP contribution in [0.5, 0.6) is 0 Å². The van der Waals surface area contributed by atoms with Crippen molar-refractivity contribution in [1.82, 2.24) is 0 Å². The van der Waals surface area contributed by atoms with Crippen molar-refractivity contribution in [3.8, 4) is 0 Å². The van der Waals surface area contributed by atoms with Crippen LogP contribution in [-0.2, 0) is 9.53 Å². The highest BCUT2D eigenvalue weighted by Crippen LogP contribution is 2.53. The van der Waals surface area contributed by atoms with Crippen LogP contribution in [0.3, 0.4) is 0 Å². The summed E-state index contributed by atoms with van der Waals surface area (Å²) in [6, 6.07) is 0. The van der Waals surface area contributed by atoms with Crippen LogP contribution >= 0.6 is 0 Å². The second-order valence-electron chi connectivity index (χ2n) is 6.62. The zero-order chi connectivity index (χ0) is 15.9. The lowest BCUT2D eigenvalue weighted by Gasteiger charge is -2.15. The first-order valence-electron chi connectivity index (χ1n) is 8.01. The minimum absolute atomic E-state index is 0.431. The molecule has 0 heterocycles. The fraction of sp³-hybridized carbons (Fsp3) is 0.632. The fourth-order valence-electron chi connectivity index (χ4n) is 3.07. The highest BCUT2D eigenvalue weighted by atomic mass is 16.5. The summed E-state index contributed by atoms with van der Waals surface area (Å²) in [6.45, 7) is 13.5. The third-order valence-electron chi connectivity index (χ3n) is 4.39. The first-order valence-corrected chi connectivity index (χ1v) is 8.01. The van der Waals surface area contributed by atoms with Gasteiger partial charge in [-0.25, -0.2) is 0 Å². The van der Waals surface area contributed by atoms with Crippen molar-refractivity contribution in [2.24, 2.45) is 11.3 Å². The highest BCUT2D eigenvalue weighted by molar-refractivity contribution is 5.41. The summed E-state index contributed by atoms with van der Waals surface area (Å²) in [4.78, 5) is 9.18. The molecule has 21 heavy (non-hydrogen) atoms. The van der Waals surface area contributed by atoms with E-state index in [0.29, 0.717) is 18.5 Å². The van der Waals surface area contributed by atoms with Gasteiger partial charge >= 0.3 is 0 Å². The molecular weight excluding hydrogens is 260 g/mol. The van der Waals surface area contributed by atoms with Crippen LogP contribution in [0.15, 0.2) is 35.5 Å². The third kappa shape index (κ3) is 5.91. The van der Waals surface area contributed by atoms with Gasteiger partial charge in [-0.3, -0.25) is 4.79 Å². The van der Waals surface area contributed by atoms with Gasteiger partial charge in [-0.15, -0.1) is 0 Å². The molecule has 1 atom stereocenters. The van der Waals surface area contributed by atoms with Gasteiger partial charge in [0.05, 0.1) is 6.61 Å². The Hall–Kier alpha value is -1.31. The Labute approximate surface area is 130 Å². The molecule has 1 fully saturated rings. The molecule has 2 aliphatic carbocycles. The number of rotatable bonds is 6. The molecule has 2 rings (SSSR count). The van der Waals surface area contributed by atoms with E-state index in [4.69, 9.17) is 0 Å². The molecule has 1 saturated carbocycles. The quantitative estimate of drug-likeness (QED) is 0.627. The van der Waals surface area contributed by atoms with Crippen LogP contribution in [0, 0.1) is 11.3 Å². The average Bonchev–Trinajstić information content (AvgIpc) is 2.99. The summed E-state index contributed by atoms with van der Waals surface area (Å²) in [5.74, 6) is 0.880. The van der Waals surface area contributed by atoms with Gasteiger partial charge in [0, 0.05) is 0 Å². The summed E-state index contributed by atoms with van der Waals surface area (Å²) in [6.07, 6.45) is 11.3. The molecular formula is C19H30O2. The number of carbonyl (C=O) groups is 1. The molecule has 0 spiro atoms. The molecule has 0 radical (unpaired) electrons. The Kier molecular flexibility index (Phi) is 6.94. The van der Waals surface area contributed by atoms with Crippen LogP contribution in [0.4, 0.5) is 0 Å². The Balaban J connectivity index is 0.000000383. The maximum Gasteiger partial charge on any atom is 0.293 e. The van der Waals surface area contributed by atoms with Gasteiger partial charge in [-0.1, -0.05) is 31.2 Å². The van der Waals surface area contributed by atoms with E-state index in [2.05, 4.69) is 44.2 Å². The SMILES string of the molecule is C=C(C)C1=C(/C=C\C)CC(CC2(C)CC2)C1.CCOC=O. The number of hydrogen-bond acceptors (Lipinski definition) is 2. The molecule has 0 aromatic carbocycles. The Bertz CT molecular complexity index is 425. The lowest BCUT2D eigenvalue weighted by Crippen LogP contribution is -2.03. The van der Waals surface area contributed by atoms with Gasteiger partial charge in [-0.2, -0.15) is 0 Å². The molecule has 2 heteroatoms. The highest BCUT2D eigenvalue weighted by Gasteiger charge is 2.40. The zero-order valence-corrected chi connectivity index (χ0v) is 14.1. The predicted molar refractivity (Wildman–Crippen MR) is 89.0 cm³/mol. The third-order valence-corrected chi connectivity index (χ3v) is 4.39. The van der Waals surface area contributed by atoms with E-state index in [1.165, 1.54) is 43.3 Å². The van der Waals surface area contributed by atoms with Crippen LogP contribution in [-0.4, -0.2) is 13.1 Å². The van der Waals surface area contributed by atoms with E-state index >= 15 is 0 Å².